The van der Waals surface area contributed by atoms with Crippen molar-refractivity contribution in [1.82, 2.24) is 4.98 Å². The Morgan fingerprint density at radius 2 is 2.32 bits per heavy atom. The maximum Gasteiger partial charge on any atom is 0.287 e. The van der Waals surface area contributed by atoms with Gasteiger partial charge in [-0.1, -0.05) is 26.2 Å². The molecule has 104 valence electrons. The molecule has 1 heterocycles. The van der Waals surface area contributed by atoms with Crippen molar-refractivity contribution in [2.45, 2.75) is 52.0 Å². The van der Waals surface area contributed by atoms with Crippen molar-refractivity contribution in [3.63, 3.8) is 0 Å². The molecule has 1 aromatic heterocycles. The van der Waals surface area contributed by atoms with Gasteiger partial charge in [0.25, 0.3) is 5.69 Å². The number of anilines is 1. The first-order valence-corrected chi connectivity index (χ1v) is 6.97. The van der Waals surface area contributed by atoms with Crippen LogP contribution in [0, 0.1) is 23.0 Å². The Kier molecular flexibility index (Phi) is 4.35. The van der Waals surface area contributed by atoms with E-state index in [1.807, 2.05) is 6.92 Å². The van der Waals surface area contributed by atoms with Crippen LogP contribution in [0.15, 0.2) is 12.3 Å². The molecule has 0 bridgehead atoms. The highest BCUT2D eigenvalue weighted by molar-refractivity contribution is 5.48. The second kappa shape index (κ2) is 5.99. The minimum absolute atomic E-state index is 0.0538. The Morgan fingerprint density at radius 3 is 2.95 bits per heavy atom. The predicted molar refractivity (Wildman–Crippen MR) is 75.3 cm³/mol. The minimum atomic E-state index is -0.405. The molecule has 5 heteroatoms. The third kappa shape index (κ3) is 3.43. The summed E-state index contributed by atoms with van der Waals surface area (Å²) in [7, 11) is 0. The van der Waals surface area contributed by atoms with Crippen LogP contribution in [-0.2, 0) is 0 Å². The Hall–Kier alpha value is -1.65. The van der Waals surface area contributed by atoms with Crippen molar-refractivity contribution in [1.29, 1.82) is 0 Å². The molecule has 0 aliphatic heterocycles. The highest BCUT2D eigenvalue weighted by atomic mass is 16.6. The second-order valence-corrected chi connectivity index (χ2v) is 5.40. The topological polar surface area (TPSA) is 68.1 Å². The summed E-state index contributed by atoms with van der Waals surface area (Å²) in [4.78, 5) is 14.5. The zero-order chi connectivity index (χ0) is 13.8. The molecule has 0 amide bonds. The van der Waals surface area contributed by atoms with E-state index in [0.717, 1.165) is 23.7 Å². The van der Waals surface area contributed by atoms with Gasteiger partial charge in [0.15, 0.2) is 0 Å². The zero-order valence-electron chi connectivity index (χ0n) is 11.6. The lowest BCUT2D eigenvalue weighted by Gasteiger charge is -2.29. The number of rotatable bonds is 4. The fourth-order valence-electron chi connectivity index (χ4n) is 2.80. The Bertz CT molecular complexity index is 462. The molecule has 2 atom stereocenters. The number of pyridine rings is 1. The summed E-state index contributed by atoms with van der Waals surface area (Å²) in [5.74, 6) is 1.58. The van der Waals surface area contributed by atoms with Crippen LogP contribution >= 0.6 is 0 Å². The summed E-state index contributed by atoms with van der Waals surface area (Å²) in [5.41, 5.74) is 0.894. The lowest BCUT2D eigenvalue weighted by Crippen LogP contribution is -2.27. The molecule has 0 aromatic carbocycles. The maximum absolute atomic E-state index is 10.7. The number of nitrogens with zero attached hydrogens (tertiary/aromatic N) is 2. The molecule has 19 heavy (non-hydrogen) atoms. The smallest absolute Gasteiger partial charge is 0.287 e. The number of aromatic nitrogens is 1. The summed E-state index contributed by atoms with van der Waals surface area (Å²) in [5, 5.41) is 14.1. The van der Waals surface area contributed by atoms with Gasteiger partial charge in [0.1, 0.15) is 12.0 Å². The van der Waals surface area contributed by atoms with E-state index >= 15 is 0 Å². The second-order valence-electron chi connectivity index (χ2n) is 5.40. The molecule has 1 saturated carbocycles. The normalized spacial score (nSPS) is 23.1. The Balaban J connectivity index is 2.04. The van der Waals surface area contributed by atoms with E-state index in [1.165, 1.54) is 31.9 Å². The van der Waals surface area contributed by atoms with Crippen LogP contribution < -0.4 is 5.32 Å². The summed E-state index contributed by atoms with van der Waals surface area (Å²) in [6.07, 6.45) is 7.47. The van der Waals surface area contributed by atoms with Gasteiger partial charge >= 0.3 is 0 Å². The van der Waals surface area contributed by atoms with Crippen molar-refractivity contribution < 1.29 is 4.92 Å². The van der Waals surface area contributed by atoms with Crippen LogP contribution in [-0.4, -0.2) is 15.9 Å². The molecule has 1 fully saturated rings. The fourth-order valence-corrected chi connectivity index (χ4v) is 2.80. The molecular weight excluding hydrogens is 242 g/mol. The quantitative estimate of drug-likeness (QED) is 0.664. The van der Waals surface area contributed by atoms with E-state index in [9.17, 15) is 10.1 Å². The SMILES string of the molecule is CCC1CCCC(Nc2ncc([N+](=O)[O-])cc2C)C1. The number of aryl methyl sites for hydroxylation is 1. The molecule has 2 rings (SSSR count). The largest absolute Gasteiger partial charge is 0.367 e. The van der Waals surface area contributed by atoms with Crippen molar-refractivity contribution in [2.24, 2.45) is 5.92 Å². The summed E-state index contributed by atoms with van der Waals surface area (Å²) in [6, 6.07) is 2.03. The lowest BCUT2D eigenvalue weighted by atomic mass is 9.84. The zero-order valence-corrected chi connectivity index (χ0v) is 11.6. The van der Waals surface area contributed by atoms with Crippen LogP contribution in [0.5, 0.6) is 0 Å². The number of nitro groups is 1. The van der Waals surface area contributed by atoms with Gasteiger partial charge in [-0.3, -0.25) is 10.1 Å². The van der Waals surface area contributed by atoms with Gasteiger partial charge in [-0.05, 0) is 31.2 Å². The molecule has 0 radical (unpaired) electrons. The van der Waals surface area contributed by atoms with Crippen molar-refractivity contribution >= 4 is 11.5 Å². The first kappa shape index (κ1) is 13.8. The molecule has 0 spiro atoms. The van der Waals surface area contributed by atoms with E-state index < -0.39 is 4.92 Å². The van der Waals surface area contributed by atoms with Gasteiger partial charge in [0.05, 0.1) is 4.92 Å². The van der Waals surface area contributed by atoms with Gasteiger partial charge in [-0.2, -0.15) is 0 Å². The van der Waals surface area contributed by atoms with Crippen LogP contribution in [0.25, 0.3) is 0 Å². The molecular formula is C14H21N3O2. The van der Waals surface area contributed by atoms with Gasteiger partial charge in [-0.15, -0.1) is 0 Å². The van der Waals surface area contributed by atoms with E-state index in [4.69, 9.17) is 0 Å². The molecule has 1 aromatic rings. The molecule has 1 aliphatic carbocycles. The maximum atomic E-state index is 10.7. The Labute approximate surface area is 113 Å². The average molecular weight is 263 g/mol. The van der Waals surface area contributed by atoms with Gasteiger partial charge in [0.2, 0.25) is 0 Å². The van der Waals surface area contributed by atoms with Crippen LogP contribution in [0.1, 0.15) is 44.6 Å². The van der Waals surface area contributed by atoms with Crippen molar-refractivity contribution in [3.8, 4) is 0 Å². The third-order valence-corrected chi connectivity index (χ3v) is 3.98. The minimum Gasteiger partial charge on any atom is -0.367 e. The molecule has 1 aliphatic rings. The monoisotopic (exact) mass is 263 g/mol. The number of hydrogen-bond donors (Lipinski definition) is 1. The summed E-state index contributed by atoms with van der Waals surface area (Å²) >= 11 is 0. The average Bonchev–Trinajstić information content (AvgIpc) is 2.41. The third-order valence-electron chi connectivity index (χ3n) is 3.98. The van der Waals surface area contributed by atoms with Crippen LogP contribution in [0.2, 0.25) is 0 Å². The molecule has 5 nitrogen and oxygen atoms in total. The highest BCUT2D eigenvalue weighted by Gasteiger charge is 2.21. The first-order chi connectivity index (χ1) is 9.10. The lowest BCUT2D eigenvalue weighted by molar-refractivity contribution is -0.385. The van der Waals surface area contributed by atoms with Crippen LogP contribution in [0.4, 0.5) is 11.5 Å². The van der Waals surface area contributed by atoms with E-state index in [0.29, 0.717) is 6.04 Å². The fraction of sp³-hybridized carbons (Fsp3) is 0.643. The highest BCUT2D eigenvalue weighted by Crippen LogP contribution is 2.29. The number of hydrogen-bond acceptors (Lipinski definition) is 4. The summed E-state index contributed by atoms with van der Waals surface area (Å²) < 4.78 is 0. The first-order valence-electron chi connectivity index (χ1n) is 6.97. The van der Waals surface area contributed by atoms with E-state index in [-0.39, 0.29) is 5.69 Å². The molecule has 0 saturated heterocycles. The molecule has 2 unspecified atom stereocenters. The van der Waals surface area contributed by atoms with Gasteiger partial charge in [-0.25, -0.2) is 4.98 Å². The van der Waals surface area contributed by atoms with Crippen molar-refractivity contribution in [2.75, 3.05) is 5.32 Å². The van der Waals surface area contributed by atoms with E-state index in [1.54, 1.807) is 6.07 Å². The molecule has 1 N–H and O–H groups in total. The standard InChI is InChI=1S/C14H21N3O2/c1-3-11-5-4-6-12(8-11)16-14-10(2)7-13(9-15-14)17(18)19/h7,9,11-12H,3-6,8H2,1-2H3,(H,15,16). The van der Waals surface area contributed by atoms with Crippen LogP contribution in [0.3, 0.4) is 0 Å². The van der Waals surface area contributed by atoms with Gasteiger partial charge in [0, 0.05) is 12.1 Å². The predicted octanol–water partition coefficient (Wildman–Crippen LogP) is 3.68. The van der Waals surface area contributed by atoms with Gasteiger partial charge < -0.3 is 5.32 Å². The van der Waals surface area contributed by atoms with Crippen molar-refractivity contribution in [3.05, 3.63) is 27.9 Å². The van der Waals surface area contributed by atoms with E-state index in [2.05, 4.69) is 17.2 Å². The summed E-state index contributed by atoms with van der Waals surface area (Å²) in [6.45, 7) is 4.10. The Morgan fingerprint density at radius 1 is 1.53 bits per heavy atom. The number of nitrogens with one attached hydrogen (secondary N) is 1.